The number of anilines is 1. The lowest BCUT2D eigenvalue weighted by atomic mass is 10.3. The number of hydrogen-bond donors (Lipinski definition) is 2. The third kappa shape index (κ3) is 2.55. The van der Waals surface area contributed by atoms with E-state index in [2.05, 4.69) is 15.5 Å². The summed E-state index contributed by atoms with van der Waals surface area (Å²) in [5.41, 5.74) is 1.31. The van der Waals surface area contributed by atoms with Gasteiger partial charge in [0.1, 0.15) is 6.21 Å². The molecule has 1 aromatic rings. The summed E-state index contributed by atoms with van der Waals surface area (Å²) in [7, 11) is 0. The summed E-state index contributed by atoms with van der Waals surface area (Å²) >= 11 is 0. The van der Waals surface area contributed by atoms with Crippen molar-refractivity contribution in [3.8, 4) is 0 Å². The first-order valence-electron chi connectivity index (χ1n) is 3.64. The summed E-state index contributed by atoms with van der Waals surface area (Å²) in [6.45, 7) is 1.77. The van der Waals surface area contributed by atoms with E-state index in [1.807, 2.05) is 0 Å². The molecule has 0 radical (unpaired) electrons. The second-order valence-corrected chi connectivity index (χ2v) is 2.37. The maximum atomic E-state index is 10.9. The van der Waals surface area contributed by atoms with E-state index >= 15 is 0 Å². The largest absolute Gasteiger partial charge is 0.411 e. The highest BCUT2D eigenvalue weighted by Crippen LogP contribution is 2.09. The maximum absolute atomic E-state index is 10.9. The van der Waals surface area contributed by atoms with Crippen LogP contribution < -0.4 is 5.32 Å². The Balaban J connectivity index is 2.74. The van der Waals surface area contributed by atoms with Crippen molar-refractivity contribution in [1.29, 1.82) is 0 Å². The molecule has 0 saturated heterocycles. The van der Waals surface area contributed by atoms with Gasteiger partial charge in [0.25, 0.3) is 5.91 Å². The molecule has 0 aliphatic rings. The summed E-state index contributed by atoms with van der Waals surface area (Å²) < 4.78 is 0. The fourth-order valence-electron chi connectivity index (χ4n) is 0.834. The molecule has 5 heteroatoms. The molecule has 13 heavy (non-hydrogen) atoms. The molecule has 0 atom stereocenters. The Morgan fingerprint density at radius 1 is 1.77 bits per heavy atom. The molecule has 1 heterocycles. The van der Waals surface area contributed by atoms with Crippen LogP contribution in [0.4, 0.5) is 5.69 Å². The van der Waals surface area contributed by atoms with Crippen molar-refractivity contribution in [3.63, 3.8) is 0 Å². The van der Waals surface area contributed by atoms with Crippen LogP contribution in [0.25, 0.3) is 0 Å². The number of carbonyl (C=O) groups is 1. The van der Waals surface area contributed by atoms with Crippen molar-refractivity contribution < 1.29 is 10.0 Å². The van der Waals surface area contributed by atoms with E-state index in [0.29, 0.717) is 11.4 Å². The summed E-state index contributed by atoms with van der Waals surface area (Å²) in [5, 5.41) is 13.2. The number of carbonyl (C=O) groups excluding carboxylic acids is 1. The van der Waals surface area contributed by atoms with Crippen LogP contribution >= 0.6 is 0 Å². The van der Waals surface area contributed by atoms with Gasteiger partial charge in [0.2, 0.25) is 0 Å². The fraction of sp³-hybridized carbons (Fsp3) is 0.125. The monoisotopic (exact) mass is 179 g/mol. The van der Waals surface area contributed by atoms with Crippen molar-refractivity contribution in [3.05, 3.63) is 24.0 Å². The Morgan fingerprint density at radius 2 is 2.54 bits per heavy atom. The zero-order chi connectivity index (χ0) is 9.68. The number of oxime groups is 1. The number of pyridine rings is 1. The lowest BCUT2D eigenvalue weighted by molar-refractivity contribution is -0.110. The summed E-state index contributed by atoms with van der Waals surface area (Å²) in [4.78, 5) is 14.9. The predicted molar refractivity (Wildman–Crippen MR) is 47.9 cm³/mol. The number of amides is 1. The smallest absolute Gasteiger partial charge is 0.270 e. The number of aryl methyl sites for hydroxylation is 1. The van der Waals surface area contributed by atoms with Gasteiger partial charge in [-0.05, 0) is 19.1 Å². The molecule has 0 aromatic carbocycles. The van der Waals surface area contributed by atoms with Crippen molar-refractivity contribution in [2.24, 2.45) is 5.16 Å². The SMILES string of the molecule is Cc1ncccc1NC(=O)/C=N/O. The maximum Gasteiger partial charge on any atom is 0.270 e. The van der Waals surface area contributed by atoms with Crippen molar-refractivity contribution in [2.45, 2.75) is 6.92 Å². The first kappa shape index (κ1) is 9.18. The molecule has 0 saturated carbocycles. The van der Waals surface area contributed by atoms with Gasteiger partial charge in [-0.1, -0.05) is 5.16 Å². The second-order valence-electron chi connectivity index (χ2n) is 2.37. The molecule has 1 aromatic heterocycles. The van der Waals surface area contributed by atoms with Crippen molar-refractivity contribution in [1.82, 2.24) is 4.98 Å². The minimum atomic E-state index is -0.487. The Morgan fingerprint density at radius 3 is 3.15 bits per heavy atom. The number of aromatic nitrogens is 1. The van der Waals surface area contributed by atoms with E-state index < -0.39 is 5.91 Å². The van der Waals surface area contributed by atoms with Gasteiger partial charge in [-0.25, -0.2) is 0 Å². The molecular formula is C8H9N3O2. The second kappa shape index (κ2) is 4.20. The molecule has 0 bridgehead atoms. The van der Waals surface area contributed by atoms with Crippen LogP contribution in [0.15, 0.2) is 23.5 Å². The number of nitrogens with zero attached hydrogens (tertiary/aromatic N) is 2. The van der Waals surface area contributed by atoms with Crippen LogP contribution in [-0.4, -0.2) is 22.3 Å². The summed E-state index contributed by atoms with van der Waals surface area (Å²) in [5.74, 6) is -0.487. The highest BCUT2D eigenvalue weighted by atomic mass is 16.4. The summed E-state index contributed by atoms with van der Waals surface area (Å²) in [6, 6.07) is 3.42. The van der Waals surface area contributed by atoms with Gasteiger partial charge >= 0.3 is 0 Å². The van der Waals surface area contributed by atoms with Crippen molar-refractivity contribution in [2.75, 3.05) is 5.32 Å². The van der Waals surface area contributed by atoms with Gasteiger partial charge < -0.3 is 10.5 Å². The van der Waals surface area contributed by atoms with Crippen LogP contribution in [0.5, 0.6) is 0 Å². The first-order valence-corrected chi connectivity index (χ1v) is 3.64. The molecule has 0 aliphatic heterocycles. The van der Waals surface area contributed by atoms with Gasteiger partial charge in [0, 0.05) is 6.20 Å². The van der Waals surface area contributed by atoms with Gasteiger partial charge in [0.05, 0.1) is 11.4 Å². The standard InChI is InChI=1S/C8H9N3O2/c1-6-7(3-2-4-9-6)11-8(12)5-10-13/h2-5,13H,1H3,(H,11,12)/b10-5+. The Kier molecular flexibility index (Phi) is 2.97. The molecule has 0 spiro atoms. The zero-order valence-corrected chi connectivity index (χ0v) is 7.06. The van der Waals surface area contributed by atoms with Gasteiger partial charge in [-0.15, -0.1) is 0 Å². The molecule has 0 unspecified atom stereocenters. The number of nitrogens with one attached hydrogen (secondary N) is 1. The predicted octanol–water partition coefficient (Wildman–Crippen LogP) is 0.789. The molecule has 5 nitrogen and oxygen atoms in total. The topological polar surface area (TPSA) is 74.6 Å². The average molecular weight is 179 g/mol. The van der Waals surface area contributed by atoms with E-state index in [0.717, 1.165) is 6.21 Å². The highest BCUT2D eigenvalue weighted by molar-refractivity contribution is 6.31. The lowest BCUT2D eigenvalue weighted by Gasteiger charge is -2.03. The number of rotatable bonds is 2. The Labute approximate surface area is 75.1 Å². The minimum absolute atomic E-state index is 0.487. The van der Waals surface area contributed by atoms with Crippen molar-refractivity contribution >= 4 is 17.8 Å². The zero-order valence-electron chi connectivity index (χ0n) is 7.06. The third-order valence-electron chi connectivity index (χ3n) is 1.44. The average Bonchev–Trinajstić information content (AvgIpc) is 2.09. The van der Waals surface area contributed by atoms with Gasteiger partial charge in [-0.3, -0.25) is 9.78 Å². The molecular weight excluding hydrogens is 170 g/mol. The van der Waals surface area contributed by atoms with E-state index in [-0.39, 0.29) is 0 Å². The van der Waals surface area contributed by atoms with E-state index in [1.54, 1.807) is 25.3 Å². The quantitative estimate of drug-likeness (QED) is 0.400. The summed E-state index contributed by atoms with van der Waals surface area (Å²) in [6.07, 6.45) is 2.41. The molecule has 2 N–H and O–H groups in total. The van der Waals surface area contributed by atoms with Crippen LogP contribution in [0, 0.1) is 6.92 Å². The lowest BCUT2D eigenvalue weighted by Crippen LogP contribution is -2.13. The molecule has 1 amide bonds. The molecule has 0 fully saturated rings. The molecule has 68 valence electrons. The highest BCUT2D eigenvalue weighted by Gasteiger charge is 2.01. The molecule has 0 aliphatic carbocycles. The van der Waals surface area contributed by atoms with E-state index in [1.165, 1.54) is 0 Å². The van der Waals surface area contributed by atoms with E-state index in [4.69, 9.17) is 5.21 Å². The van der Waals surface area contributed by atoms with Gasteiger partial charge in [0.15, 0.2) is 0 Å². The van der Waals surface area contributed by atoms with E-state index in [9.17, 15) is 4.79 Å². The third-order valence-corrected chi connectivity index (χ3v) is 1.44. The fourth-order valence-corrected chi connectivity index (χ4v) is 0.834. The minimum Gasteiger partial charge on any atom is -0.411 e. The molecule has 1 rings (SSSR count). The normalized spacial score (nSPS) is 10.2. The Bertz CT molecular complexity index is 336. The van der Waals surface area contributed by atoms with Crippen LogP contribution in [0.1, 0.15) is 5.69 Å². The number of hydrogen-bond acceptors (Lipinski definition) is 4. The van der Waals surface area contributed by atoms with Crippen LogP contribution in [0.2, 0.25) is 0 Å². The van der Waals surface area contributed by atoms with Crippen LogP contribution in [0.3, 0.4) is 0 Å². The van der Waals surface area contributed by atoms with Gasteiger partial charge in [-0.2, -0.15) is 0 Å². The Hall–Kier alpha value is -1.91. The van der Waals surface area contributed by atoms with Crippen LogP contribution in [-0.2, 0) is 4.79 Å². The first-order chi connectivity index (χ1) is 6.24.